The van der Waals surface area contributed by atoms with E-state index < -0.39 is 0 Å². The third kappa shape index (κ3) is 4.66. The Morgan fingerprint density at radius 2 is 1.68 bits per heavy atom. The van der Waals surface area contributed by atoms with Crippen molar-refractivity contribution >= 4 is 0 Å². The Morgan fingerprint density at radius 3 is 2.16 bits per heavy atom. The lowest BCUT2D eigenvalue weighted by Crippen LogP contribution is -2.01. The van der Waals surface area contributed by atoms with Crippen LogP contribution >= 0.6 is 0 Å². The van der Waals surface area contributed by atoms with Crippen LogP contribution in [0.4, 0.5) is 0 Å². The first-order valence-electron chi connectivity index (χ1n) is 7.06. The lowest BCUT2D eigenvalue weighted by atomic mass is 9.95. The number of phenols is 1. The second kappa shape index (κ2) is 7.93. The number of rotatable bonds is 8. The molecule has 0 aliphatic heterocycles. The molecule has 0 fully saturated rings. The maximum Gasteiger partial charge on any atom is 0.200 e. The molecule has 1 aromatic rings. The van der Waals surface area contributed by atoms with Crippen molar-refractivity contribution in [3.8, 4) is 17.2 Å². The Balaban J connectivity index is 2.72. The van der Waals surface area contributed by atoms with Crippen molar-refractivity contribution in [3.05, 3.63) is 17.7 Å². The minimum absolute atomic E-state index is 0.0763. The van der Waals surface area contributed by atoms with E-state index in [1.807, 2.05) is 12.1 Å². The average molecular weight is 266 g/mol. The molecule has 1 N–H and O–H groups in total. The van der Waals surface area contributed by atoms with Gasteiger partial charge in [0.2, 0.25) is 5.75 Å². The van der Waals surface area contributed by atoms with Crippen LogP contribution in [-0.4, -0.2) is 19.3 Å². The second-order valence-electron chi connectivity index (χ2n) is 5.15. The van der Waals surface area contributed by atoms with E-state index in [2.05, 4.69) is 13.8 Å². The van der Waals surface area contributed by atoms with Crippen LogP contribution in [0, 0.1) is 5.92 Å². The largest absolute Gasteiger partial charge is 0.502 e. The van der Waals surface area contributed by atoms with E-state index >= 15 is 0 Å². The molecule has 3 heteroatoms. The van der Waals surface area contributed by atoms with Gasteiger partial charge in [-0.1, -0.05) is 39.5 Å². The van der Waals surface area contributed by atoms with Crippen LogP contribution in [0.3, 0.4) is 0 Å². The molecule has 0 radical (unpaired) electrons. The molecule has 0 aromatic heterocycles. The lowest BCUT2D eigenvalue weighted by Gasteiger charge is -2.14. The third-order valence-electron chi connectivity index (χ3n) is 3.42. The quantitative estimate of drug-likeness (QED) is 0.718. The Hall–Kier alpha value is -1.38. The molecule has 1 atom stereocenters. The van der Waals surface area contributed by atoms with Gasteiger partial charge in [-0.2, -0.15) is 0 Å². The molecule has 0 heterocycles. The topological polar surface area (TPSA) is 38.7 Å². The first-order valence-corrected chi connectivity index (χ1v) is 7.06. The van der Waals surface area contributed by atoms with Gasteiger partial charge in [0.15, 0.2) is 11.5 Å². The van der Waals surface area contributed by atoms with E-state index in [0.717, 1.165) is 12.0 Å². The zero-order chi connectivity index (χ0) is 14.3. The zero-order valence-electron chi connectivity index (χ0n) is 12.5. The van der Waals surface area contributed by atoms with Gasteiger partial charge in [-0.25, -0.2) is 0 Å². The molecule has 0 bridgehead atoms. The first kappa shape index (κ1) is 15.7. The molecule has 0 saturated carbocycles. The van der Waals surface area contributed by atoms with Gasteiger partial charge in [-0.3, -0.25) is 0 Å². The van der Waals surface area contributed by atoms with Crippen LogP contribution in [0.2, 0.25) is 0 Å². The number of phenolic OH excluding ortho intramolecular Hbond substituents is 1. The zero-order valence-corrected chi connectivity index (χ0v) is 12.5. The van der Waals surface area contributed by atoms with Crippen molar-refractivity contribution in [2.24, 2.45) is 5.92 Å². The molecule has 0 aliphatic rings. The number of hydrogen-bond acceptors (Lipinski definition) is 3. The van der Waals surface area contributed by atoms with Crippen LogP contribution in [0.15, 0.2) is 12.1 Å². The normalized spacial score (nSPS) is 12.2. The molecule has 3 nitrogen and oxygen atoms in total. The molecule has 1 rings (SSSR count). The highest BCUT2D eigenvalue weighted by Crippen LogP contribution is 2.37. The van der Waals surface area contributed by atoms with Gasteiger partial charge in [-0.05, 0) is 30.0 Å². The lowest BCUT2D eigenvalue weighted by molar-refractivity contribution is 0.338. The molecule has 0 spiro atoms. The summed E-state index contributed by atoms with van der Waals surface area (Å²) in [6.07, 6.45) is 6.06. The molecule has 0 saturated heterocycles. The van der Waals surface area contributed by atoms with Gasteiger partial charge in [0.1, 0.15) is 0 Å². The summed E-state index contributed by atoms with van der Waals surface area (Å²) in [7, 11) is 3.12. The van der Waals surface area contributed by atoms with E-state index in [9.17, 15) is 5.11 Å². The fraction of sp³-hybridized carbons (Fsp3) is 0.625. The predicted molar refractivity (Wildman–Crippen MR) is 78.2 cm³/mol. The maximum atomic E-state index is 9.87. The van der Waals surface area contributed by atoms with Crippen molar-refractivity contribution in [1.29, 1.82) is 0 Å². The monoisotopic (exact) mass is 266 g/mol. The molecule has 108 valence electrons. The smallest absolute Gasteiger partial charge is 0.200 e. The Bertz CT molecular complexity index is 363. The number of unbranched alkanes of at least 4 members (excludes halogenated alkanes) is 2. The molecule has 0 aliphatic carbocycles. The summed E-state index contributed by atoms with van der Waals surface area (Å²) < 4.78 is 10.4. The third-order valence-corrected chi connectivity index (χ3v) is 3.42. The van der Waals surface area contributed by atoms with E-state index in [1.165, 1.54) is 25.7 Å². The minimum atomic E-state index is 0.0763. The summed E-state index contributed by atoms with van der Waals surface area (Å²) in [4.78, 5) is 0. The van der Waals surface area contributed by atoms with Crippen LogP contribution in [0.1, 0.15) is 45.1 Å². The van der Waals surface area contributed by atoms with Crippen molar-refractivity contribution in [3.63, 3.8) is 0 Å². The number of aromatic hydroxyl groups is 1. The number of methoxy groups -OCH3 is 2. The van der Waals surface area contributed by atoms with Crippen LogP contribution in [0.25, 0.3) is 0 Å². The van der Waals surface area contributed by atoms with Gasteiger partial charge in [0.25, 0.3) is 0 Å². The van der Waals surface area contributed by atoms with E-state index in [4.69, 9.17) is 9.47 Å². The second-order valence-corrected chi connectivity index (χ2v) is 5.15. The SMILES string of the molecule is CCCCCC(C)Cc1cc(OC)c(O)c(OC)c1. The predicted octanol–water partition coefficient (Wildman–Crippen LogP) is 4.17. The van der Waals surface area contributed by atoms with Crippen LogP contribution in [0.5, 0.6) is 17.2 Å². The average Bonchev–Trinajstić information content (AvgIpc) is 2.40. The Kier molecular flexibility index (Phi) is 6.54. The van der Waals surface area contributed by atoms with Gasteiger partial charge in [0, 0.05) is 0 Å². The summed E-state index contributed by atoms with van der Waals surface area (Å²) in [5.41, 5.74) is 1.15. The highest BCUT2D eigenvalue weighted by molar-refractivity contribution is 5.52. The van der Waals surface area contributed by atoms with E-state index in [1.54, 1.807) is 14.2 Å². The Morgan fingerprint density at radius 1 is 1.11 bits per heavy atom. The van der Waals surface area contributed by atoms with Crippen molar-refractivity contribution in [1.82, 2.24) is 0 Å². The van der Waals surface area contributed by atoms with Crippen molar-refractivity contribution in [2.45, 2.75) is 46.0 Å². The van der Waals surface area contributed by atoms with Gasteiger partial charge in [0.05, 0.1) is 14.2 Å². The first-order chi connectivity index (χ1) is 9.12. The van der Waals surface area contributed by atoms with Crippen LogP contribution < -0.4 is 9.47 Å². The van der Waals surface area contributed by atoms with E-state index in [0.29, 0.717) is 17.4 Å². The van der Waals surface area contributed by atoms with Crippen molar-refractivity contribution < 1.29 is 14.6 Å². The number of hydrogen-bond donors (Lipinski definition) is 1. The summed E-state index contributed by atoms with van der Waals surface area (Å²) in [5, 5.41) is 9.87. The fourth-order valence-electron chi connectivity index (χ4n) is 2.31. The summed E-state index contributed by atoms with van der Waals surface area (Å²) in [5.74, 6) is 1.67. The highest BCUT2D eigenvalue weighted by atomic mass is 16.5. The molecule has 19 heavy (non-hydrogen) atoms. The van der Waals surface area contributed by atoms with Gasteiger partial charge >= 0.3 is 0 Å². The summed E-state index contributed by atoms with van der Waals surface area (Å²) in [6.45, 7) is 4.49. The molecule has 1 aromatic carbocycles. The maximum absolute atomic E-state index is 9.87. The van der Waals surface area contributed by atoms with Gasteiger partial charge in [-0.15, -0.1) is 0 Å². The molecular weight excluding hydrogens is 240 g/mol. The van der Waals surface area contributed by atoms with Gasteiger partial charge < -0.3 is 14.6 Å². The molecule has 0 amide bonds. The molecular formula is C16H26O3. The number of ether oxygens (including phenoxy) is 2. The fourth-order valence-corrected chi connectivity index (χ4v) is 2.31. The standard InChI is InChI=1S/C16H26O3/c1-5-6-7-8-12(2)9-13-10-14(18-3)16(17)15(11-13)19-4/h10-12,17H,5-9H2,1-4H3. The van der Waals surface area contributed by atoms with Crippen LogP contribution in [-0.2, 0) is 6.42 Å². The summed E-state index contributed by atoms with van der Waals surface area (Å²) >= 11 is 0. The Labute approximate surface area is 116 Å². The van der Waals surface area contributed by atoms with E-state index in [-0.39, 0.29) is 5.75 Å². The van der Waals surface area contributed by atoms with Crippen molar-refractivity contribution in [2.75, 3.05) is 14.2 Å². The highest BCUT2D eigenvalue weighted by Gasteiger charge is 2.12. The minimum Gasteiger partial charge on any atom is -0.502 e. The molecule has 1 unspecified atom stereocenters. The summed E-state index contributed by atoms with van der Waals surface area (Å²) in [6, 6.07) is 3.79. The number of benzene rings is 1.